The number of thiophene rings is 1. The average molecular weight is 348 g/mol. The molecule has 0 aliphatic carbocycles. The zero-order valence-electron chi connectivity index (χ0n) is 11.6. The van der Waals surface area contributed by atoms with Crippen LogP contribution in [0.4, 0.5) is 5.69 Å². The number of halogens is 1. The van der Waals surface area contributed by atoms with Crippen molar-refractivity contribution in [1.82, 2.24) is 0 Å². The summed E-state index contributed by atoms with van der Waals surface area (Å²) in [5.74, 6) is 1.04. The molecule has 0 spiro atoms. The van der Waals surface area contributed by atoms with Crippen molar-refractivity contribution in [1.29, 1.82) is 0 Å². The van der Waals surface area contributed by atoms with E-state index in [0.29, 0.717) is 27.1 Å². The molecular formula is C13H14ClNO4S2. The molecule has 1 heterocycles. The topological polar surface area (TPSA) is 64.6 Å². The largest absolute Gasteiger partial charge is 0.496 e. The molecule has 0 radical (unpaired) electrons. The van der Waals surface area contributed by atoms with Crippen LogP contribution >= 0.6 is 22.9 Å². The number of rotatable bonds is 5. The summed E-state index contributed by atoms with van der Waals surface area (Å²) in [5, 5.41) is 0. The summed E-state index contributed by atoms with van der Waals surface area (Å²) in [6.45, 7) is 1.79. The molecule has 8 heteroatoms. The molecule has 21 heavy (non-hydrogen) atoms. The van der Waals surface area contributed by atoms with E-state index in [-0.39, 0.29) is 4.21 Å². The first-order valence-corrected chi connectivity index (χ1v) is 8.56. The Kier molecular flexibility index (Phi) is 4.65. The van der Waals surface area contributed by atoms with Gasteiger partial charge in [-0.2, -0.15) is 0 Å². The Bertz CT molecular complexity index is 756. The normalized spacial score (nSPS) is 11.2. The van der Waals surface area contributed by atoms with E-state index < -0.39 is 10.0 Å². The van der Waals surface area contributed by atoms with E-state index in [1.54, 1.807) is 26.2 Å². The Morgan fingerprint density at radius 3 is 2.38 bits per heavy atom. The predicted molar refractivity (Wildman–Crippen MR) is 84.4 cm³/mol. The quantitative estimate of drug-likeness (QED) is 0.898. The maximum Gasteiger partial charge on any atom is 0.271 e. The first kappa shape index (κ1) is 15.9. The lowest BCUT2D eigenvalue weighted by Gasteiger charge is -2.15. The lowest BCUT2D eigenvalue weighted by atomic mass is 10.2. The van der Waals surface area contributed by atoms with E-state index in [0.717, 1.165) is 11.3 Å². The van der Waals surface area contributed by atoms with Gasteiger partial charge in [-0.1, -0.05) is 11.6 Å². The molecule has 0 unspecified atom stereocenters. The van der Waals surface area contributed by atoms with Gasteiger partial charge < -0.3 is 9.47 Å². The highest BCUT2D eigenvalue weighted by Crippen LogP contribution is 2.36. The van der Waals surface area contributed by atoms with Gasteiger partial charge in [0, 0.05) is 5.56 Å². The van der Waals surface area contributed by atoms with Gasteiger partial charge in [-0.15, -0.1) is 11.3 Å². The number of methoxy groups -OCH3 is 2. The van der Waals surface area contributed by atoms with Crippen LogP contribution in [0.15, 0.2) is 28.5 Å². The van der Waals surface area contributed by atoms with Crippen LogP contribution in [0.25, 0.3) is 0 Å². The van der Waals surface area contributed by atoms with E-state index in [4.69, 9.17) is 21.1 Å². The van der Waals surface area contributed by atoms with E-state index in [9.17, 15) is 8.42 Å². The van der Waals surface area contributed by atoms with Crippen molar-refractivity contribution in [2.75, 3.05) is 18.9 Å². The van der Waals surface area contributed by atoms with Crippen molar-refractivity contribution < 1.29 is 17.9 Å². The van der Waals surface area contributed by atoms with Gasteiger partial charge in [0.05, 0.1) is 24.2 Å². The third-order valence-electron chi connectivity index (χ3n) is 2.84. The third-order valence-corrected chi connectivity index (χ3v) is 5.93. The minimum Gasteiger partial charge on any atom is -0.496 e. The molecule has 2 rings (SSSR count). The minimum absolute atomic E-state index is 0.142. The summed E-state index contributed by atoms with van der Waals surface area (Å²) in [6, 6.07) is 6.27. The van der Waals surface area contributed by atoms with Crippen molar-refractivity contribution >= 4 is 38.6 Å². The standard InChI is InChI=1S/C13H14ClNO4S2/c1-8-10(18-2)5-4-9(13(8)19-3)15-21(16,17)12-7-6-11(14)20-12/h4-7,15H,1-3H3. The van der Waals surface area contributed by atoms with Gasteiger partial charge in [0.25, 0.3) is 10.0 Å². The average Bonchev–Trinajstić information content (AvgIpc) is 2.86. The molecule has 2 aromatic rings. The van der Waals surface area contributed by atoms with Crippen molar-refractivity contribution in [3.8, 4) is 11.5 Å². The summed E-state index contributed by atoms with van der Waals surface area (Å²) in [5.41, 5.74) is 1.06. The molecule has 0 saturated carbocycles. The number of hydrogen-bond donors (Lipinski definition) is 1. The lowest BCUT2D eigenvalue weighted by Crippen LogP contribution is -2.12. The summed E-state index contributed by atoms with van der Waals surface area (Å²) in [7, 11) is -0.683. The van der Waals surface area contributed by atoms with Gasteiger partial charge in [0.15, 0.2) is 0 Å². The highest BCUT2D eigenvalue weighted by atomic mass is 35.5. The van der Waals surface area contributed by atoms with Gasteiger partial charge in [-0.05, 0) is 31.2 Å². The van der Waals surface area contributed by atoms with Crippen LogP contribution in [0.5, 0.6) is 11.5 Å². The molecule has 1 aromatic heterocycles. The van der Waals surface area contributed by atoms with Crippen LogP contribution in [0, 0.1) is 6.92 Å². The van der Waals surface area contributed by atoms with Gasteiger partial charge in [-0.25, -0.2) is 8.42 Å². The summed E-state index contributed by atoms with van der Waals surface area (Å²) in [6.07, 6.45) is 0. The fraction of sp³-hybridized carbons (Fsp3) is 0.231. The molecule has 0 aliphatic rings. The van der Waals surface area contributed by atoms with Gasteiger partial charge >= 0.3 is 0 Å². The highest BCUT2D eigenvalue weighted by molar-refractivity contribution is 7.94. The van der Waals surface area contributed by atoms with Crippen molar-refractivity contribution in [3.63, 3.8) is 0 Å². The number of nitrogens with one attached hydrogen (secondary N) is 1. The monoisotopic (exact) mass is 347 g/mol. The Morgan fingerprint density at radius 1 is 1.14 bits per heavy atom. The highest BCUT2D eigenvalue weighted by Gasteiger charge is 2.20. The smallest absolute Gasteiger partial charge is 0.271 e. The molecule has 0 aliphatic heterocycles. The van der Waals surface area contributed by atoms with Crippen molar-refractivity contribution in [2.24, 2.45) is 0 Å². The van der Waals surface area contributed by atoms with Crippen LogP contribution in [0.1, 0.15) is 5.56 Å². The third kappa shape index (κ3) is 3.25. The minimum atomic E-state index is -3.70. The van der Waals surface area contributed by atoms with Crippen molar-refractivity contribution in [3.05, 3.63) is 34.2 Å². The van der Waals surface area contributed by atoms with Crippen LogP contribution < -0.4 is 14.2 Å². The lowest BCUT2D eigenvalue weighted by molar-refractivity contribution is 0.390. The molecule has 114 valence electrons. The van der Waals surface area contributed by atoms with E-state index in [1.807, 2.05) is 0 Å². The predicted octanol–water partition coefficient (Wildman–Crippen LogP) is 3.53. The van der Waals surface area contributed by atoms with Crippen molar-refractivity contribution in [2.45, 2.75) is 11.1 Å². The number of benzene rings is 1. The van der Waals surface area contributed by atoms with E-state index >= 15 is 0 Å². The first-order chi connectivity index (χ1) is 9.89. The van der Waals surface area contributed by atoms with Gasteiger partial charge in [0.1, 0.15) is 15.7 Å². The Morgan fingerprint density at radius 2 is 1.86 bits per heavy atom. The van der Waals surface area contributed by atoms with E-state index in [1.165, 1.54) is 19.2 Å². The summed E-state index contributed by atoms with van der Waals surface area (Å²) < 4.78 is 38.1. The van der Waals surface area contributed by atoms with Crippen LogP contribution in [-0.4, -0.2) is 22.6 Å². The number of ether oxygens (including phenoxy) is 2. The fourth-order valence-corrected chi connectivity index (χ4v) is 4.42. The Labute approximate surface area is 132 Å². The van der Waals surface area contributed by atoms with Crippen LogP contribution in [0.2, 0.25) is 4.34 Å². The molecule has 5 nitrogen and oxygen atoms in total. The Balaban J connectivity index is 2.42. The maximum absolute atomic E-state index is 12.3. The fourth-order valence-electron chi connectivity index (χ4n) is 1.88. The molecule has 0 saturated heterocycles. The molecule has 0 amide bonds. The van der Waals surface area contributed by atoms with E-state index in [2.05, 4.69) is 4.72 Å². The molecule has 0 fully saturated rings. The first-order valence-electron chi connectivity index (χ1n) is 5.88. The SMILES string of the molecule is COc1ccc(NS(=O)(=O)c2ccc(Cl)s2)c(OC)c1C. The maximum atomic E-state index is 12.3. The zero-order valence-corrected chi connectivity index (χ0v) is 14.0. The van der Waals surface area contributed by atoms with Crippen LogP contribution in [0.3, 0.4) is 0 Å². The number of hydrogen-bond acceptors (Lipinski definition) is 5. The number of anilines is 1. The van der Waals surface area contributed by atoms with Gasteiger partial charge in [0.2, 0.25) is 0 Å². The molecular weight excluding hydrogens is 334 g/mol. The number of sulfonamides is 1. The zero-order chi connectivity index (χ0) is 15.6. The molecule has 0 bridgehead atoms. The summed E-state index contributed by atoms with van der Waals surface area (Å²) in [4.78, 5) is 0. The second kappa shape index (κ2) is 6.13. The van der Waals surface area contributed by atoms with Gasteiger partial charge in [-0.3, -0.25) is 4.72 Å². The van der Waals surface area contributed by atoms with Crippen LogP contribution in [-0.2, 0) is 10.0 Å². The second-order valence-electron chi connectivity index (χ2n) is 4.14. The molecule has 0 atom stereocenters. The second-order valence-corrected chi connectivity index (χ2v) is 7.76. The molecule has 1 N–H and O–H groups in total. The molecule has 1 aromatic carbocycles. The Hall–Kier alpha value is -1.44. The summed E-state index contributed by atoms with van der Waals surface area (Å²) >= 11 is 6.77.